The van der Waals surface area contributed by atoms with E-state index in [1.165, 1.54) is 0 Å². The molecule has 0 N–H and O–H groups in total. The Morgan fingerprint density at radius 1 is 1.35 bits per heavy atom. The third-order valence-electron chi connectivity index (χ3n) is 4.08. The van der Waals surface area contributed by atoms with Crippen molar-refractivity contribution < 1.29 is 21.8 Å². The van der Waals surface area contributed by atoms with Gasteiger partial charge in [0, 0.05) is 18.9 Å². The molecule has 2 rings (SSSR count). The minimum absolute atomic E-state index is 0.0664. The van der Waals surface area contributed by atoms with Gasteiger partial charge in [0.05, 0.1) is 11.8 Å². The second-order valence-corrected chi connectivity index (χ2v) is 7.61. The Bertz CT molecular complexity index is 669. The van der Waals surface area contributed by atoms with E-state index in [2.05, 4.69) is 0 Å². The molecule has 23 heavy (non-hydrogen) atoms. The van der Waals surface area contributed by atoms with E-state index >= 15 is 0 Å². The lowest BCUT2D eigenvalue weighted by Gasteiger charge is -2.25. The highest BCUT2D eigenvalue weighted by atomic mass is 32.3. The molecule has 1 aliphatic heterocycles. The summed E-state index contributed by atoms with van der Waals surface area (Å²) in [7, 11) is -4.56. The lowest BCUT2D eigenvalue weighted by Crippen LogP contribution is -2.38. The highest BCUT2D eigenvalue weighted by molar-refractivity contribution is 7.86. The molecule has 0 saturated carbocycles. The summed E-state index contributed by atoms with van der Waals surface area (Å²) in [5.74, 6) is -0.440. The molecule has 0 bridgehead atoms. The van der Waals surface area contributed by atoms with Gasteiger partial charge in [-0.25, -0.2) is 0 Å². The second kappa shape index (κ2) is 6.86. The Hall–Kier alpha value is -1.63. The second-order valence-electron chi connectivity index (χ2n) is 6.20. The standard InChI is InChI=1S/C16H22FNO4S/c1-11-5-4-6-12(2)16(11)22-9-13(3)18-8-14(7-15(18)19)10-23(17,20)21/h4-6,13-14H,7-10H2,1-3H3. The summed E-state index contributed by atoms with van der Waals surface area (Å²) in [5.41, 5.74) is 2.04. The number of rotatable bonds is 6. The lowest BCUT2D eigenvalue weighted by molar-refractivity contribution is -0.129. The molecule has 0 aromatic heterocycles. The Kier molecular flexibility index (Phi) is 5.29. The van der Waals surface area contributed by atoms with Gasteiger partial charge in [0.1, 0.15) is 12.4 Å². The first-order valence-electron chi connectivity index (χ1n) is 7.58. The molecule has 128 valence electrons. The van der Waals surface area contributed by atoms with Crippen LogP contribution in [0.1, 0.15) is 24.5 Å². The van der Waals surface area contributed by atoms with Gasteiger partial charge in [-0.15, -0.1) is 3.89 Å². The molecule has 1 saturated heterocycles. The maximum atomic E-state index is 12.8. The number of aryl methyl sites for hydroxylation is 2. The summed E-state index contributed by atoms with van der Waals surface area (Å²) in [6.45, 7) is 6.32. The van der Waals surface area contributed by atoms with Crippen LogP contribution < -0.4 is 4.74 Å². The van der Waals surface area contributed by atoms with Gasteiger partial charge in [-0.05, 0) is 31.9 Å². The lowest BCUT2D eigenvalue weighted by atomic mass is 10.1. The Labute approximate surface area is 136 Å². The van der Waals surface area contributed by atoms with E-state index in [9.17, 15) is 17.1 Å². The van der Waals surface area contributed by atoms with E-state index in [1.807, 2.05) is 39.0 Å². The molecule has 1 amide bonds. The van der Waals surface area contributed by atoms with Crippen LogP contribution in [0.5, 0.6) is 5.75 Å². The maximum absolute atomic E-state index is 12.8. The van der Waals surface area contributed by atoms with Gasteiger partial charge in [0.25, 0.3) is 0 Å². The van der Waals surface area contributed by atoms with Crippen molar-refractivity contribution in [3.63, 3.8) is 0 Å². The van der Waals surface area contributed by atoms with E-state index < -0.39 is 21.9 Å². The number of halogens is 1. The van der Waals surface area contributed by atoms with Gasteiger partial charge < -0.3 is 9.64 Å². The Morgan fingerprint density at radius 3 is 2.52 bits per heavy atom. The van der Waals surface area contributed by atoms with Crippen molar-refractivity contribution in [2.75, 3.05) is 18.9 Å². The van der Waals surface area contributed by atoms with Crippen molar-refractivity contribution in [2.45, 2.75) is 33.2 Å². The maximum Gasteiger partial charge on any atom is 0.302 e. The predicted molar refractivity (Wildman–Crippen MR) is 85.6 cm³/mol. The third-order valence-corrected chi connectivity index (χ3v) is 4.95. The summed E-state index contributed by atoms with van der Waals surface area (Å²) < 4.78 is 40.1. The van der Waals surface area contributed by atoms with Gasteiger partial charge in [0.15, 0.2) is 0 Å². The van der Waals surface area contributed by atoms with Crippen LogP contribution >= 0.6 is 0 Å². The minimum atomic E-state index is -4.56. The van der Waals surface area contributed by atoms with E-state index in [-0.39, 0.29) is 24.9 Å². The highest BCUT2D eigenvalue weighted by Crippen LogP contribution is 2.25. The van der Waals surface area contributed by atoms with Crippen LogP contribution in [-0.2, 0) is 15.0 Å². The van der Waals surface area contributed by atoms with Crippen molar-refractivity contribution >= 4 is 16.1 Å². The largest absolute Gasteiger partial charge is 0.491 e. The predicted octanol–water partition coefficient (Wildman–Crippen LogP) is 2.22. The average molecular weight is 343 g/mol. The van der Waals surface area contributed by atoms with Gasteiger partial charge in [0.2, 0.25) is 5.91 Å². The molecule has 0 radical (unpaired) electrons. The first-order valence-corrected chi connectivity index (χ1v) is 9.13. The molecule has 7 heteroatoms. The van der Waals surface area contributed by atoms with Gasteiger partial charge in [-0.3, -0.25) is 4.79 Å². The van der Waals surface area contributed by atoms with E-state index in [4.69, 9.17) is 4.74 Å². The zero-order valence-electron chi connectivity index (χ0n) is 13.6. The van der Waals surface area contributed by atoms with Crippen LogP contribution in [0.2, 0.25) is 0 Å². The molecule has 0 aliphatic carbocycles. The molecule has 1 fully saturated rings. The number of benzene rings is 1. The van der Waals surface area contributed by atoms with Crippen molar-refractivity contribution in [3.05, 3.63) is 29.3 Å². The Morgan fingerprint density at radius 2 is 1.96 bits per heavy atom. The fourth-order valence-corrected chi connectivity index (χ4v) is 3.73. The topological polar surface area (TPSA) is 63.7 Å². The van der Waals surface area contributed by atoms with Crippen molar-refractivity contribution in [1.29, 1.82) is 0 Å². The summed E-state index contributed by atoms with van der Waals surface area (Å²) in [4.78, 5) is 13.6. The summed E-state index contributed by atoms with van der Waals surface area (Å²) in [6.07, 6.45) is 0.0664. The number of likely N-dealkylation sites (tertiary alicyclic amines) is 1. The minimum Gasteiger partial charge on any atom is -0.491 e. The first kappa shape index (κ1) is 17.7. The van der Waals surface area contributed by atoms with Crippen LogP contribution in [0.15, 0.2) is 18.2 Å². The van der Waals surface area contributed by atoms with Gasteiger partial charge in [-0.1, -0.05) is 18.2 Å². The quantitative estimate of drug-likeness (QED) is 0.743. The number of hydrogen-bond acceptors (Lipinski definition) is 4. The molecular weight excluding hydrogens is 321 g/mol. The molecule has 5 nitrogen and oxygen atoms in total. The van der Waals surface area contributed by atoms with Gasteiger partial charge >= 0.3 is 10.2 Å². The number of hydrogen-bond donors (Lipinski definition) is 0. The number of para-hydroxylation sites is 1. The zero-order chi connectivity index (χ0) is 17.2. The average Bonchev–Trinajstić information content (AvgIpc) is 2.76. The molecule has 2 atom stereocenters. The SMILES string of the molecule is Cc1cccc(C)c1OCC(C)N1CC(CS(=O)(=O)F)CC1=O. The highest BCUT2D eigenvalue weighted by Gasteiger charge is 2.35. The molecular formula is C16H22FNO4S. The number of amides is 1. The summed E-state index contributed by atoms with van der Waals surface area (Å²) in [6, 6.07) is 5.66. The monoisotopic (exact) mass is 343 g/mol. The van der Waals surface area contributed by atoms with Crippen LogP contribution in [0.4, 0.5) is 3.89 Å². The first-order chi connectivity index (χ1) is 10.7. The fraction of sp³-hybridized carbons (Fsp3) is 0.562. The van der Waals surface area contributed by atoms with Crippen molar-refractivity contribution in [2.24, 2.45) is 5.92 Å². The zero-order valence-corrected chi connectivity index (χ0v) is 14.4. The van der Waals surface area contributed by atoms with Crippen molar-refractivity contribution in [3.8, 4) is 5.75 Å². The van der Waals surface area contributed by atoms with Crippen LogP contribution in [0.25, 0.3) is 0 Å². The van der Waals surface area contributed by atoms with Gasteiger partial charge in [-0.2, -0.15) is 8.42 Å². The number of nitrogens with zero attached hydrogens (tertiary/aromatic N) is 1. The smallest absolute Gasteiger partial charge is 0.302 e. The fourth-order valence-electron chi connectivity index (χ4n) is 2.95. The normalized spacial score (nSPS) is 19.9. The number of ether oxygens (including phenoxy) is 1. The number of carbonyl (C=O) groups excluding carboxylic acids is 1. The molecule has 0 spiro atoms. The Balaban J connectivity index is 1.96. The summed E-state index contributed by atoms with van der Waals surface area (Å²) >= 11 is 0. The van der Waals surface area contributed by atoms with Crippen LogP contribution in [-0.4, -0.2) is 44.2 Å². The van der Waals surface area contributed by atoms with Crippen LogP contribution in [0, 0.1) is 19.8 Å². The van der Waals surface area contributed by atoms with E-state index in [0.717, 1.165) is 16.9 Å². The van der Waals surface area contributed by atoms with E-state index in [1.54, 1.807) is 4.90 Å². The molecule has 1 heterocycles. The third kappa shape index (κ3) is 4.67. The molecule has 2 unspecified atom stereocenters. The molecule has 1 aromatic carbocycles. The van der Waals surface area contributed by atoms with E-state index in [0.29, 0.717) is 6.61 Å². The van der Waals surface area contributed by atoms with Crippen molar-refractivity contribution in [1.82, 2.24) is 4.90 Å². The number of carbonyl (C=O) groups is 1. The molecule has 1 aromatic rings. The molecule has 1 aliphatic rings. The van der Waals surface area contributed by atoms with Crippen LogP contribution in [0.3, 0.4) is 0 Å². The summed E-state index contributed by atoms with van der Waals surface area (Å²) in [5, 5.41) is 0.